The first-order chi connectivity index (χ1) is 12.3. The van der Waals surface area contributed by atoms with Gasteiger partial charge in [0.1, 0.15) is 6.61 Å². The smallest absolute Gasteiger partial charge is 0.129 e. The number of benzene rings is 1. The maximum Gasteiger partial charge on any atom is 0.129 e. The van der Waals surface area contributed by atoms with Gasteiger partial charge in [-0.15, -0.1) is 0 Å². The predicted molar refractivity (Wildman–Crippen MR) is 107 cm³/mol. The van der Waals surface area contributed by atoms with Crippen molar-refractivity contribution in [1.29, 1.82) is 0 Å². The Hall–Kier alpha value is -1.39. The molecule has 2 saturated carbocycles. The van der Waals surface area contributed by atoms with E-state index in [1.165, 1.54) is 11.1 Å². The highest BCUT2D eigenvalue weighted by Gasteiger charge is 2.58. The third kappa shape index (κ3) is 3.81. The van der Waals surface area contributed by atoms with Gasteiger partial charge in [-0.05, 0) is 64.6 Å². The van der Waals surface area contributed by atoms with Crippen LogP contribution in [-0.4, -0.2) is 49.1 Å². The molecule has 0 unspecified atom stereocenters. The number of rotatable bonds is 6. The van der Waals surface area contributed by atoms with Crippen molar-refractivity contribution in [2.24, 2.45) is 16.5 Å². The van der Waals surface area contributed by atoms with Gasteiger partial charge in [0, 0.05) is 24.1 Å². The normalized spacial score (nSPS) is 34.4. The monoisotopic (exact) mass is 358 g/mol. The van der Waals surface area contributed by atoms with Crippen molar-refractivity contribution in [2.45, 2.75) is 57.5 Å². The molecule has 3 rings (SSSR count). The third-order valence-corrected chi connectivity index (χ3v) is 6.84. The first-order valence-electron chi connectivity index (χ1n) is 9.93. The Morgan fingerprint density at radius 2 is 1.96 bits per heavy atom. The summed E-state index contributed by atoms with van der Waals surface area (Å²) in [6, 6.07) is 8.84. The van der Waals surface area contributed by atoms with Crippen LogP contribution < -0.4 is 0 Å². The zero-order valence-electron chi connectivity index (χ0n) is 16.7. The summed E-state index contributed by atoms with van der Waals surface area (Å²) in [6.07, 6.45) is 6.84. The average Bonchev–Trinajstić information content (AvgIpc) is 2.86. The van der Waals surface area contributed by atoms with E-state index in [0.29, 0.717) is 18.4 Å². The lowest BCUT2D eigenvalue weighted by atomic mass is 9.59. The molecule has 0 amide bonds. The van der Waals surface area contributed by atoms with Crippen LogP contribution in [0, 0.1) is 18.3 Å². The van der Waals surface area contributed by atoms with E-state index in [-0.39, 0.29) is 5.41 Å². The van der Waals surface area contributed by atoms with Crippen molar-refractivity contribution < 1.29 is 9.94 Å². The Balaban J connectivity index is 1.64. The molecule has 0 saturated heterocycles. The standard InChI is InChI=1S/C22H34N2O2/c1-17-5-7-18(8-6-17)19-9-11-21(2)20(10-12-22(21,25)15-19)16-23-26-14-13-24(3)4/h5-8,16,19-20,25H,9-15H2,1-4H3/b23-16+/t19-,20+,21+,22-/m0/s1. The molecule has 4 heteroatoms. The van der Waals surface area contributed by atoms with Crippen LogP contribution in [0.3, 0.4) is 0 Å². The fourth-order valence-corrected chi connectivity index (χ4v) is 4.84. The Morgan fingerprint density at radius 1 is 1.23 bits per heavy atom. The van der Waals surface area contributed by atoms with Gasteiger partial charge in [-0.1, -0.05) is 41.9 Å². The van der Waals surface area contributed by atoms with Crippen LogP contribution in [0.1, 0.15) is 56.1 Å². The first kappa shape index (κ1) is 19.4. The van der Waals surface area contributed by atoms with E-state index in [9.17, 15) is 5.11 Å². The predicted octanol–water partition coefficient (Wildman–Crippen LogP) is 3.97. The molecule has 4 nitrogen and oxygen atoms in total. The number of aryl methyl sites for hydroxylation is 1. The van der Waals surface area contributed by atoms with Gasteiger partial charge < -0.3 is 14.8 Å². The topological polar surface area (TPSA) is 45.1 Å². The molecule has 0 spiro atoms. The quantitative estimate of drug-likeness (QED) is 0.475. The zero-order valence-corrected chi connectivity index (χ0v) is 16.7. The molecule has 2 fully saturated rings. The van der Waals surface area contributed by atoms with Crippen molar-refractivity contribution in [2.75, 3.05) is 27.2 Å². The molecule has 0 aliphatic heterocycles. The summed E-state index contributed by atoms with van der Waals surface area (Å²) >= 11 is 0. The first-order valence-corrected chi connectivity index (χ1v) is 9.93. The van der Waals surface area contributed by atoms with Crippen molar-refractivity contribution in [1.82, 2.24) is 4.90 Å². The fraction of sp³-hybridized carbons (Fsp3) is 0.682. The Morgan fingerprint density at radius 3 is 2.65 bits per heavy atom. The lowest BCUT2D eigenvalue weighted by Gasteiger charge is -2.48. The molecule has 144 valence electrons. The number of hydrogen-bond acceptors (Lipinski definition) is 4. The Bertz CT molecular complexity index is 628. The average molecular weight is 359 g/mol. The minimum absolute atomic E-state index is 0.0946. The number of nitrogens with zero attached hydrogens (tertiary/aromatic N) is 2. The maximum atomic E-state index is 11.5. The number of fused-ring (bicyclic) bond motifs is 1. The highest BCUT2D eigenvalue weighted by molar-refractivity contribution is 5.62. The molecule has 2 aliphatic rings. The number of aliphatic hydroxyl groups is 1. The van der Waals surface area contributed by atoms with Gasteiger partial charge in [0.05, 0.1) is 5.60 Å². The van der Waals surface area contributed by atoms with Crippen molar-refractivity contribution >= 4 is 6.21 Å². The van der Waals surface area contributed by atoms with Crippen LogP contribution in [-0.2, 0) is 4.84 Å². The van der Waals surface area contributed by atoms with Gasteiger partial charge in [0.2, 0.25) is 0 Å². The molecule has 0 radical (unpaired) electrons. The molecule has 2 aliphatic carbocycles. The molecule has 1 aromatic carbocycles. The van der Waals surface area contributed by atoms with Crippen molar-refractivity contribution in [3.8, 4) is 0 Å². The van der Waals surface area contributed by atoms with Crippen molar-refractivity contribution in [3.05, 3.63) is 35.4 Å². The minimum atomic E-state index is -0.596. The summed E-state index contributed by atoms with van der Waals surface area (Å²) < 4.78 is 0. The summed E-state index contributed by atoms with van der Waals surface area (Å²) in [5.41, 5.74) is 1.97. The van der Waals surface area contributed by atoms with Crippen LogP contribution in [0.25, 0.3) is 0 Å². The van der Waals surface area contributed by atoms with Gasteiger partial charge in [-0.3, -0.25) is 0 Å². The molecule has 26 heavy (non-hydrogen) atoms. The molecule has 1 aromatic rings. The molecule has 1 N–H and O–H groups in total. The van der Waals surface area contributed by atoms with Crippen LogP contribution in [0.5, 0.6) is 0 Å². The van der Waals surface area contributed by atoms with E-state index in [2.05, 4.69) is 48.2 Å². The molecule has 0 heterocycles. The second-order valence-corrected chi connectivity index (χ2v) is 8.84. The Kier molecular flexibility index (Phi) is 5.73. The molecular weight excluding hydrogens is 324 g/mol. The number of oxime groups is 1. The van der Waals surface area contributed by atoms with Crippen LogP contribution in [0.4, 0.5) is 0 Å². The van der Waals surface area contributed by atoms with Gasteiger partial charge in [0.15, 0.2) is 0 Å². The van der Waals surface area contributed by atoms with Crippen LogP contribution in [0.2, 0.25) is 0 Å². The third-order valence-electron chi connectivity index (χ3n) is 6.84. The molecular formula is C22H34N2O2. The number of hydrogen-bond donors (Lipinski definition) is 1. The lowest BCUT2D eigenvalue weighted by Crippen LogP contribution is -2.49. The summed E-state index contributed by atoms with van der Waals surface area (Å²) in [5.74, 6) is 0.756. The largest absolute Gasteiger partial charge is 0.395 e. The molecule has 0 bridgehead atoms. The second-order valence-electron chi connectivity index (χ2n) is 8.84. The summed E-state index contributed by atoms with van der Waals surface area (Å²) in [7, 11) is 4.05. The van der Waals surface area contributed by atoms with Crippen LogP contribution >= 0.6 is 0 Å². The van der Waals surface area contributed by atoms with Gasteiger partial charge in [-0.25, -0.2) is 0 Å². The van der Waals surface area contributed by atoms with Gasteiger partial charge in [-0.2, -0.15) is 0 Å². The van der Waals surface area contributed by atoms with Crippen molar-refractivity contribution in [3.63, 3.8) is 0 Å². The van der Waals surface area contributed by atoms with E-state index in [1.807, 2.05) is 20.3 Å². The maximum absolute atomic E-state index is 11.5. The highest BCUT2D eigenvalue weighted by atomic mass is 16.6. The fourth-order valence-electron chi connectivity index (χ4n) is 4.84. The lowest BCUT2D eigenvalue weighted by molar-refractivity contribution is -0.0959. The van der Waals surface area contributed by atoms with E-state index >= 15 is 0 Å². The van der Waals surface area contributed by atoms with E-state index in [0.717, 1.165) is 38.6 Å². The number of likely N-dealkylation sites (N-methyl/N-ethyl adjacent to an activating group) is 1. The molecule has 4 atom stereocenters. The van der Waals surface area contributed by atoms with E-state index in [1.54, 1.807) is 0 Å². The zero-order chi connectivity index (χ0) is 18.8. The highest BCUT2D eigenvalue weighted by Crippen LogP contribution is 2.60. The van der Waals surface area contributed by atoms with Gasteiger partial charge in [0.25, 0.3) is 0 Å². The van der Waals surface area contributed by atoms with Gasteiger partial charge >= 0.3 is 0 Å². The van der Waals surface area contributed by atoms with E-state index < -0.39 is 5.60 Å². The summed E-state index contributed by atoms with van der Waals surface area (Å²) in [4.78, 5) is 7.49. The van der Waals surface area contributed by atoms with Crippen LogP contribution in [0.15, 0.2) is 29.4 Å². The summed E-state index contributed by atoms with van der Waals surface area (Å²) in [5, 5.41) is 15.7. The Labute approximate surface area is 158 Å². The molecule has 0 aromatic heterocycles. The summed E-state index contributed by atoms with van der Waals surface area (Å²) in [6.45, 7) is 5.84. The van der Waals surface area contributed by atoms with E-state index in [4.69, 9.17) is 4.84 Å². The second kappa shape index (κ2) is 7.69. The SMILES string of the molecule is Cc1ccc([C@H]2CC[C@]3(C)[C@@H](/C=N/OCCN(C)C)CC[C@]3(O)C2)cc1. The minimum Gasteiger partial charge on any atom is -0.395 e.